The molecule has 0 aromatic heterocycles. The van der Waals surface area contributed by atoms with Gasteiger partial charge >= 0.3 is 0 Å². The van der Waals surface area contributed by atoms with Crippen LogP contribution >= 0.6 is 0 Å². The molecular weight excluding hydrogens is 236 g/mol. The molecular formula is C12H16N2O4. The van der Waals surface area contributed by atoms with Crippen molar-refractivity contribution in [1.82, 2.24) is 5.32 Å². The highest BCUT2D eigenvalue weighted by atomic mass is 16.6. The van der Waals surface area contributed by atoms with Crippen LogP contribution in [-0.2, 0) is 11.2 Å². The number of carbonyl (C=O) groups is 1. The number of nitro groups is 1. The lowest BCUT2D eigenvalue weighted by Crippen LogP contribution is -2.32. The zero-order valence-corrected chi connectivity index (χ0v) is 10.1. The molecule has 1 aromatic carbocycles. The number of nitro benzene ring substituents is 1. The molecule has 0 saturated heterocycles. The predicted molar refractivity (Wildman–Crippen MR) is 66.1 cm³/mol. The number of aliphatic hydroxyl groups excluding tert-OH is 1. The van der Waals surface area contributed by atoms with Gasteiger partial charge in [0.05, 0.1) is 17.4 Å². The largest absolute Gasteiger partial charge is 0.391 e. The van der Waals surface area contributed by atoms with E-state index in [0.29, 0.717) is 12.0 Å². The number of non-ortho nitro benzene ring substituents is 1. The summed E-state index contributed by atoms with van der Waals surface area (Å²) in [5.41, 5.74) is 0.699. The number of carbonyl (C=O) groups excluding carboxylic acids is 1. The summed E-state index contributed by atoms with van der Waals surface area (Å²) < 4.78 is 0. The third-order valence-electron chi connectivity index (χ3n) is 2.52. The average Bonchev–Trinajstić information content (AvgIpc) is 2.36. The zero-order valence-electron chi connectivity index (χ0n) is 10.1. The van der Waals surface area contributed by atoms with Crippen LogP contribution in [-0.4, -0.2) is 28.6 Å². The van der Waals surface area contributed by atoms with Crippen LogP contribution in [0.1, 0.15) is 18.9 Å². The van der Waals surface area contributed by atoms with Crippen molar-refractivity contribution >= 4 is 11.6 Å². The number of amides is 1. The van der Waals surface area contributed by atoms with E-state index in [0.717, 1.165) is 0 Å². The van der Waals surface area contributed by atoms with Crippen LogP contribution < -0.4 is 5.32 Å². The number of benzene rings is 1. The SMILES string of the molecule is CCC(O)CNC(=O)Cc1ccc([N+](=O)[O-])cc1. The minimum absolute atomic E-state index is 0.000522. The van der Waals surface area contributed by atoms with Gasteiger partial charge in [-0.1, -0.05) is 19.1 Å². The Labute approximate surface area is 105 Å². The van der Waals surface area contributed by atoms with Gasteiger partial charge in [0, 0.05) is 18.7 Å². The van der Waals surface area contributed by atoms with Crippen molar-refractivity contribution in [3.05, 3.63) is 39.9 Å². The Morgan fingerprint density at radius 2 is 2.06 bits per heavy atom. The first-order valence-electron chi connectivity index (χ1n) is 5.71. The van der Waals surface area contributed by atoms with Crippen molar-refractivity contribution in [2.75, 3.05) is 6.54 Å². The van der Waals surface area contributed by atoms with E-state index in [4.69, 9.17) is 0 Å². The first kappa shape index (κ1) is 14.1. The number of aliphatic hydroxyl groups is 1. The van der Waals surface area contributed by atoms with E-state index in [2.05, 4.69) is 5.32 Å². The van der Waals surface area contributed by atoms with Gasteiger partial charge in [-0.15, -0.1) is 0 Å². The summed E-state index contributed by atoms with van der Waals surface area (Å²) in [5, 5.41) is 22.3. The maximum absolute atomic E-state index is 11.5. The number of hydrogen-bond acceptors (Lipinski definition) is 4. The second-order valence-corrected chi connectivity index (χ2v) is 3.97. The van der Waals surface area contributed by atoms with Gasteiger partial charge in [-0.3, -0.25) is 14.9 Å². The number of hydrogen-bond donors (Lipinski definition) is 2. The second-order valence-electron chi connectivity index (χ2n) is 3.97. The van der Waals surface area contributed by atoms with Crippen LogP contribution in [0.5, 0.6) is 0 Å². The monoisotopic (exact) mass is 252 g/mol. The highest BCUT2D eigenvalue weighted by Gasteiger charge is 2.08. The van der Waals surface area contributed by atoms with Crippen LogP contribution in [0, 0.1) is 10.1 Å². The lowest BCUT2D eigenvalue weighted by molar-refractivity contribution is -0.384. The third kappa shape index (κ3) is 4.50. The molecule has 1 unspecified atom stereocenters. The van der Waals surface area contributed by atoms with Crippen molar-refractivity contribution in [1.29, 1.82) is 0 Å². The fraction of sp³-hybridized carbons (Fsp3) is 0.417. The number of nitrogens with zero attached hydrogens (tertiary/aromatic N) is 1. The molecule has 98 valence electrons. The highest BCUT2D eigenvalue weighted by Crippen LogP contribution is 2.12. The molecule has 18 heavy (non-hydrogen) atoms. The van der Waals surface area contributed by atoms with E-state index in [1.165, 1.54) is 12.1 Å². The standard InChI is InChI=1S/C12H16N2O4/c1-2-11(15)8-13-12(16)7-9-3-5-10(6-4-9)14(17)18/h3-6,11,15H,2,7-8H2,1H3,(H,13,16). The molecule has 0 aliphatic carbocycles. The van der Waals surface area contributed by atoms with Gasteiger partial charge in [-0.2, -0.15) is 0 Å². The Morgan fingerprint density at radius 1 is 1.44 bits per heavy atom. The normalized spacial score (nSPS) is 11.9. The lowest BCUT2D eigenvalue weighted by atomic mass is 10.1. The third-order valence-corrected chi connectivity index (χ3v) is 2.52. The Bertz CT molecular complexity index is 417. The second kappa shape index (κ2) is 6.70. The van der Waals surface area contributed by atoms with Crippen molar-refractivity contribution in [3.63, 3.8) is 0 Å². The quantitative estimate of drug-likeness (QED) is 0.584. The maximum atomic E-state index is 11.5. The molecule has 1 aromatic rings. The molecule has 1 amide bonds. The van der Waals surface area contributed by atoms with Crippen LogP contribution in [0.15, 0.2) is 24.3 Å². The van der Waals surface area contributed by atoms with E-state index in [9.17, 15) is 20.0 Å². The Hall–Kier alpha value is -1.95. The zero-order chi connectivity index (χ0) is 13.5. The van der Waals surface area contributed by atoms with E-state index in [-0.39, 0.29) is 24.6 Å². The molecule has 6 nitrogen and oxygen atoms in total. The topological polar surface area (TPSA) is 92.5 Å². The van der Waals surface area contributed by atoms with Crippen LogP contribution in [0.4, 0.5) is 5.69 Å². The van der Waals surface area contributed by atoms with Gasteiger partial charge in [0.2, 0.25) is 5.91 Å². The van der Waals surface area contributed by atoms with Crippen molar-refractivity contribution < 1.29 is 14.8 Å². The minimum atomic E-state index is -0.536. The molecule has 0 heterocycles. The summed E-state index contributed by atoms with van der Waals surface area (Å²) in [4.78, 5) is 21.5. The van der Waals surface area contributed by atoms with Gasteiger partial charge in [-0.05, 0) is 12.0 Å². The molecule has 0 fully saturated rings. The molecule has 0 spiro atoms. The maximum Gasteiger partial charge on any atom is 0.269 e. The van der Waals surface area contributed by atoms with Crippen molar-refractivity contribution in [2.45, 2.75) is 25.9 Å². The van der Waals surface area contributed by atoms with E-state index < -0.39 is 11.0 Å². The van der Waals surface area contributed by atoms with Crippen LogP contribution in [0.2, 0.25) is 0 Å². The summed E-state index contributed by atoms with van der Waals surface area (Å²) in [7, 11) is 0. The fourth-order valence-electron chi connectivity index (χ4n) is 1.36. The Balaban J connectivity index is 2.47. The van der Waals surface area contributed by atoms with Gasteiger partial charge in [0.15, 0.2) is 0 Å². The molecule has 6 heteroatoms. The summed E-state index contributed by atoms with van der Waals surface area (Å²) in [6, 6.07) is 5.83. The molecule has 0 saturated carbocycles. The number of nitrogens with one attached hydrogen (secondary N) is 1. The fourth-order valence-corrected chi connectivity index (χ4v) is 1.36. The Morgan fingerprint density at radius 3 is 2.56 bits per heavy atom. The van der Waals surface area contributed by atoms with Crippen LogP contribution in [0.3, 0.4) is 0 Å². The van der Waals surface area contributed by atoms with Gasteiger partial charge in [0.25, 0.3) is 5.69 Å². The van der Waals surface area contributed by atoms with Gasteiger partial charge in [0.1, 0.15) is 0 Å². The molecule has 0 bridgehead atoms. The summed E-state index contributed by atoms with van der Waals surface area (Å²) in [5.74, 6) is -0.212. The summed E-state index contributed by atoms with van der Waals surface area (Å²) in [6.45, 7) is 2.05. The van der Waals surface area contributed by atoms with E-state index in [1.807, 2.05) is 6.92 Å². The molecule has 1 atom stereocenters. The van der Waals surface area contributed by atoms with E-state index >= 15 is 0 Å². The van der Waals surface area contributed by atoms with Gasteiger partial charge < -0.3 is 10.4 Å². The lowest BCUT2D eigenvalue weighted by Gasteiger charge is -2.09. The first-order chi connectivity index (χ1) is 8.52. The van der Waals surface area contributed by atoms with Gasteiger partial charge in [-0.25, -0.2) is 0 Å². The molecule has 0 radical (unpaired) electrons. The first-order valence-corrected chi connectivity index (χ1v) is 5.71. The molecule has 2 N–H and O–H groups in total. The highest BCUT2D eigenvalue weighted by molar-refractivity contribution is 5.78. The number of rotatable bonds is 6. The Kier molecular flexibility index (Phi) is 5.26. The predicted octanol–water partition coefficient (Wildman–Crippen LogP) is 1.02. The minimum Gasteiger partial charge on any atom is -0.391 e. The smallest absolute Gasteiger partial charge is 0.269 e. The molecule has 0 aliphatic heterocycles. The summed E-state index contributed by atoms with van der Waals surface area (Å²) >= 11 is 0. The van der Waals surface area contributed by atoms with Crippen molar-refractivity contribution in [2.24, 2.45) is 0 Å². The van der Waals surface area contributed by atoms with Crippen molar-refractivity contribution in [3.8, 4) is 0 Å². The molecule has 0 aliphatic rings. The molecule has 1 rings (SSSR count). The van der Waals surface area contributed by atoms with E-state index in [1.54, 1.807) is 12.1 Å². The summed E-state index contributed by atoms with van der Waals surface area (Å²) in [6.07, 6.45) is 0.192. The van der Waals surface area contributed by atoms with Crippen LogP contribution in [0.25, 0.3) is 0 Å². The average molecular weight is 252 g/mol.